The number of ether oxygens (including phenoxy) is 2. The lowest BCUT2D eigenvalue weighted by Gasteiger charge is -2.14. The van der Waals surface area contributed by atoms with Crippen LogP contribution in [-0.2, 0) is 11.3 Å². The lowest BCUT2D eigenvalue weighted by atomic mass is 10.2. The Labute approximate surface area is 124 Å². The summed E-state index contributed by atoms with van der Waals surface area (Å²) in [5.74, 6) is 3.15. The van der Waals surface area contributed by atoms with Crippen molar-refractivity contribution in [3.63, 3.8) is 0 Å². The van der Waals surface area contributed by atoms with E-state index < -0.39 is 0 Å². The molecule has 1 aromatic carbocycles. The first kappa shape index (κ1) is 16.1. The van der Waals surface area contributed by atoms with Gasteiger partial charge in [0.1, 0.15) is 5.75 Å². The Morgan fingerprint density at radius 1 is 1.32 bits per heavy atom. The van der Waals surface area contributed by atoms with Crippen LogP contribution in [0.5, 0.6) is 5.75 Å². The highest BCUT2D eigenvalue weighted by molar-refractivity contribution is 6.35. The van der Waals surface area contributed by atoms with Gasteiger partial charge in [-0.25, -0.2) is 0 Å². The van der Waals surface area contributed by atoms with Crippen molar-refractivity contribution in [1.82, 2.24) is 5.32 Å². The van der Waals surface area contributed by atoms with E-state index >= 15 is 0 Å². The minimum absolute atomic E-state index is 0.433. The summed E-state index contributed by atoms with van der Waals surface area (Å²) in [6, 6.07) is 3.49. The summed E-state index contributed by atoms with van der Waals surface area (Å²) >= 11 is 12.1. The van der Waals surface area contributed by atoms with Crippen molar-refractivity contribution in [2.45, 2.75) is 13.0 Å². The van der Waals surface area contributed by atoms with Crippen LogP contribution in [0.25, 0.3) is 0 Å². The van der Waals surface area contributed by atoms with Crippen molar-refractivity contribution in [1.29, 1.82) is 0 Å². The SMILES string of the molecule is C#CCCOc1c(Cl)cc(Cl)cc1CNCCOC. The van der Waals surface area contributed by atoms with Gasteiger partial charge in [-0.15, -0.1) is 12.3 Å². The van der Waals surface area contributed by atoms with Crippen molar-refractivity contribution in [2.75, 3.05) is 26.9 Å². The fourth-order valence-corrected chi connectivity index (χ4v) is 2.11. The van der Waals surface area contributed by atoms with Crippen LogP contribution in [0.4, 0.5) is 0 Å². The molecule has 0 aliphatic rings. The van der Waals surface area contributed by atoms with Crippen LogP contribution in [0.15, 0.2) is 12.1 Å². The molecule has 0 saturated carbocycles. The van der Waals surface area contributed by atoms with E-state index in [2.05, 4.69) is 11.2 Å². The molecule has 0 fully saturated rings. The smallest absolute Gasteiger partial charge is 0.142 e. The molecule has 0 unspecified atom stereocenters. The predicted octanol–water partition coefficient (Wildman–Crippen LogP) is 3.13. The van der Waals surface area contributed by atoms with Gasteiger partial charge in [-0.3, -0.25) is 0 Å². The zero-order valence-electron chi connectivity index (χ0n) is 10.8. The molecule has 19 heavy (non-hydrogen) atoms. The summed E-state index contributed by atoms with van der Waals surface area (Å²) in [6.45, 7) is 2.42. The topological polar surface area (TPSA) is 30.5 Å². The molecule has 0 aliphatic carbocycles. The van der Waals surface area contributed by atoms with E-state index in [1.165, 1.54) is 0 Å². The lowest BCUT2D eigenvalue weighted by Crippen LogP contribution is -2.19. The van der Waals surface area contributed by atoms with Gasteiger partial charge in [0.05, 0.1) is 18.2 Å². The highest BCUT2D eigenvalue weighted by Crippen LogP contribution is 2.32. The third-order valence-corrected chi connectivity index (χ3v) is 2.88. The summed E-state index contributed by atoms with van der Waals surface area (Å²) in [5.41, 5.74) is 0.908. The molecule has 0 radical (unpaired) electrons. The largest absolute Gasteiger partial charge is 0.491 e. The highest BCUT2D eigenvalue weighted by atomic mass is 35.5. The second kappa shape index (κ2) is 9.06. The van der Waals surface area contributed by atoms with Crippen LogP contribution < -0.4 is 10.1 Å². The first-order chi connectivity index (χ1) is 9.19. The Hall–Kier alpha value is -0.920. The number of halogens is 2. The third kappa shape index (κ3) is 5.71. The summed E-state index contributed by atoms with van der Waals surface area (Å²) in [5, 5.41) is 4.30. The number of methoxy groups -OCH3 is 1. The number of rotatable bonds is 8. The molecule has 104 valence electrons. The van der Waals surface area contributed by atoms with E-state index in [-0.39, 0.29) is 0 Å². The quantitative estimate of drug-likeness (QED) is 0.591. The number of benzene rings is 1. The molecule has 0 amide bonds. The zero-order valence-corrected chi connectivity index (χ0v) is 12.4. The zero-order chi connectivity index (χ0) is 14.1. The van der Waals surface area contributed by atoms with Crippen molar-refractivity contribution >= 4 is 23.2 Å². The number of hydrogen-bond acceptors (Lipinski definition) is 3. The van der Waals surface area contributed by atoms with Crippen molar-refractivity contribution in [3.05, 3.63) is 27.7 Å². The Morgan fingerprint density at radius 2 is 2.11 bits per heavy atom. The molecule has 0 atom stereocenters. The van der Waals surface area contributed by atoms with Crippen molar-refractivity contribution < 1.29 is 9.47 Å². The average molecular weight is 302 g/mol. The fraction of sp³-hybridized carbons (Fsp3) is 0.429. The molecular weight excluding hydrogens is 285 g/mol. The molecule has 5 heteroatoms. The fourth-order valence-electron chi connectivity index (χ4n) is 1.52. The molecule has 0 bridgehead atoms. The average Bonchev–Trinajstić information content (AvgIpc) is 2.37. The Kier molecular flexibility index (Phi) is 7.69. The Balaban J connectivity index is 2.72. The summed E-state index contributed by atoms with van der Waals surface area (Å²) in [4.78, 5) is 0. The molecule has 1 aromatic rings. The van der Waals surface area contributed by atoms with Gasteiger partial charge < -0.3 is 14.8 Å². The van der Waals surface area contributed by atoms with Gasteiger partial charge in [-0.05, 0) is 12.1 Å². The van der Waals surface area contributed by atoms with E-state index in [0.29, 0.717) is 42.0 Å². The van der Waals surface area contributed by atoms with Crippen molar-refractivity contribution in [3.8, 4) is 18.1 Å². The number of nitrogens with one attached hydrogen (secondary N) is 1. The summed E-state index contributed by atoms with van der Waals surface area (Å²) < 4.78 is 10.6. The van der Waals surface area contributed by atoms with Gasteiger partial charge in [0, 0.05) is 37.2 Å². The molecular formula is C14H17Cl2NO2. The molecule has 0 heterocycles. The third-order valence-electron chi connectivity index (χ3n) is 2.38. The second-order valence-electron chi connectivity index (χ2n) is 3.85. The maximum absolute atomic E-state index is 6.14. The normalized spacial score (nSPS) is 10.2. The van der Waals surface area contributed by atoms with E-state index in [4.69, 9.17) is 39.1 Å². The van der Waals surface area contributed by atoms with E-state index in [1.54, 1.807) is 13.2 Å². The lowest BCUT2D eigenvalue weighted by molar-refractivity contribution is 0.199. The van der Waals surface area contributed by atoms with E-state index in [1.807, 2.05) is 6.07 Å². The second-order valence-corrected chi connectivity index (χ2v) is 4.69. The van der Waals surface area contributed by atoms with Gasteiger partial charge in [0.25, 0.3) is 0 Å². The van der Waals surface area contributed by atoms with Crippen LogP contribution in [0.2, 0.25) is 10.0 Å². The maximum Gasteiger partial charge on any atom is 0.142 e. The van der Waals surface area contributed by atoms with E-state index in [0.717, 1.165) is 12.1 Å². The van der Waals surface area contributed by atoms with Crippen LogP contribution >= 0.6 is 23.2 Å². The predicted molar refractivity (Wildman–Crippen MR) is 79.0 cm³/mol. The maximum atomic E-state index is 6.14. The van der Waals surface area contributed by atoms with Gasteiger partial charge >= 0.3 is 0 Å². The van der Waals surface area contributed by atoms with Gasteiger partial charge in [0.15, 0.2) is 0 Å². The Bertz CT molecular complexity index is 444. The minimum Gasteiger partial charge on any atom is -0.491 e. The molecule has 0 spiro atoms. The Morgan fingerprint density at radius 3 is 2.79 bits per heavy atom. The standard InChI is InChI=1S/C14H17Cl2NO2/c1-3-4-6-19-14-11(10-17-5-7-18-2)8-12(15)9-13(14)16/h1,8-9,17H,4-7,10H2,2H3. The molecule has 1 rings (SSSR count). The van der Waals surface area contributed by atoms with Crippen molar-refractivity contribution in [2.24, 2.45) is 0 Å². The minimum atomic E-state index is 0.433. The summed E-state index contributed by atoms with van der Waals surface area (Å²) in [6.07, 6.45) is 5.73. The van der Waals surface area contributed by atoms with Crippen LogP contribution in [0, 0.1) is 12.3 Å². The van der Waals surface area contributed by atoms with Crippen LogP contribution in [0.3, 0.4) is 0 Å². The number of hydrogen-bond donors (Lipinski definition) is 1. The first-order valence-electron chi connectivity index (χ1n) is 5.93. The van der Waals surface area contributed by atoms with Crippen LogP contribution in [0.1, 0.15) is 12.0 Å². The van der Waals surface area contributed by atoms with Gasteiger partial charge in [0.2, 0.25) is 0 Å². The van der Waals surface area contributed by atoms with E-state index in [9.17, 15) is 0 Å². The molecule has 0 saturated heterocycles. The first-order valence-corrected chi connectivity index (χ1v) is 6.68. The van der Waals surface area contributed by atoms with Gasteiger partial charge in [-0.1, -0.05) is 23.2 Å². The summed E-state index contributed by atoms with van der Waals surface area (Å²) in [7, 11) is 1.66. The van der Waals surface area contributed by atoms with Gasteiger partial charge in [-0.2, -0.15) is 0 Å². The molecule has 0 aromatic heterocycles. The number of terminal acetylenes is 1. The highest BCUT2D eigenvalue weighted by Gasteiger charge is 2.10. The monoisotopic (exact) mass is 301 g/mol. The molecule has 3 nitrogen and oxygen atoms in total. The molecule has 1 N–H and O–H groups in total. The molecule has 0 aliphatic heterocycles. The van der Waals surface area contributed by atoms with Crippen LogP contribution in [-0.4, -0.2) is 26.9 Å².